The van der Waals surface area contributed by atoms with E-state index in [4.69, 9.17) is 4.74 Å². The Morgan fingerprint density at radius 1 is 0.694 bits per heavy atom. The zero-order valence-electron chi connectivity index (χ0n) is 18.9. The van der Waals surface area contributed by atoms with Crippen LogP contribution in [0.4, 0.5) is 26.3 Å². The summed E-state index contributed by atoms with van der Waals surface area (Å²) in [7, 11) is 4.44. The Bertz CT molecular complexity index is 1350. The van der Waals surface area contributed by atoms with E-state index in [0.29, 0.717) is 14.6 Å². The van der Waals surface area contributed by atoms with Crippen LogP contribution in [-0.2, 0) is 4.74 Å². The second-order valence-electron chi connectivity index (χ2n) is 7.55. The molecular weight excluding hydrogens is 563 g/mol. The molecule has 2 nitrogen and oxygen atoms in total. The van der Waals surface area contributed by atoms with Gasteiger partial charge in [0.05, 0.1) is 7.11 Å². The summed E-state index contributed by atoms with van der Waals surface area (Å²) in [5.41, 5.74) is -3.58. The van der Waals surface area contributed by atoms with Crippen molar-refractivity contribution >= 4 is 56.5 Å². The van der Waals surface area contributed by atoms with E-state index in [0.717, 1.165) is 27.6 Å². The Balaban J connectivity index is 0.000000967. The van der Waals surface area contributed by atoms with E-state index < -0.39 is 34.5 Å². The summed E-state index contributed by atoms with van der Waals surface area (Å²) in [6.07, 6.45) is 0. The normalized spacial score (nSPS) is 17.7. The molecule has 0 saturated heterocycles. The van der Waals surface area contributed by atoms with Gasteiger partial charge in [-0.3, -0.25) is 0 Å². The van der Waals surface area contributed by atoms with Crippen molar-refractivity contribution in [1.82, 2.24) is 0 Å². The summed E-state index contributed by atoms with van der Waals surface area (Å²) >= 11 is 4.61. The maximum Gasteiger partial charge on any atom is 0.380 e. The van der Waals surface area contributed by atoms with E-state index in [1.165, 1.54) is 47.3 Å². The van der Waals surface area contributed by atoms with Crippen molar-refractivity contribution < 1.29 is 35.8 Å². The molecule has 36 heavy (non-hydrogen) atoms. The highest BCUT2D eigenvalue weighted by Crippen LogP contribution is 2.66. The first-order valence-corrected chi connectivity index (χ1v) is 13.6. The van der Waals surface area contributed by atoms with Crippen LogP contribution in [0.5, 0.6) is 5.06 Å². The van der Waals surface area contributed by atoms with Gasteiger partial charge in [0.1, 0.15) is 0 Å². The average molecular weight is 581 g/mol. The largest absolute Gasteiger partial charge is 0.487 e. The van der Waals surface area contributed by atoms with Crippen LogP contribution in [0, 0.1) is 0 Å². The second kappa shape index (κ2) is 9.97. The van der Waals surface area contributed by atoms with E-state index >= 15 is 17.6 Å². The Morgan fingerprint density at radius 3 is 1.78 bits per heavy atom. The van der Waals surface area contributed by atoms with Crippen molar-refractivity contribution in [3.63, 3.8) is 0 Å². The highest BCUT2D eigenvalue weighted by atomic mass is 32.1. The van der Waals surface area contributed by atoms with Crippen LogP contribution in [0.2, 0.25) is 0 Å². The molecule has 1 aliphatic rings. The van der Waals surface area contributed by atoms with E-state index in [9.17, 15) is 8.78 Å². The number of ether oxygens (including phenoxy) is 2. The summed E-state index contributed by atoms with van der Waals surface area (Å²) in [6.45, 7) is 0. The molecule has 0 amide bonds. The van der Waals surface area contributed by atoms with Crippen molar-refractivity contribution in [3.8, 4) is 24.6 Å². The summed E-state index contributed by atoms with van der Waals surface area (Å²) in [5.74, 6) is -15.8. The first-order chi connectivity index (χ1) is 17.0. The van der Waals surface area contributed by atoms with Gasteiger partial charge in [-0.25, -0.2) is 0 Å². The van der Waals surface area contributed by atoms with Crippen molar-refractivity contribution in [3.05, 3.63) is 63.7 Å². The van der Waals surface area contributed by atoms with Crippen LogP contribution in [0.25, 0.3) is 30.7 Å². The van der Waals surface area contributed by atoms with E-state index in [1.54, 1.807) is 49.2 Å². The first-order valence-electron chi connectivity index (χ1n) is 10.1. The van der Waals surface area contributed by atoms with E-state index in [-0.39, 0.29) is 10.6 Å². The molecule has 4 aromatic rings. The van der Waals surface area contributed by atoms with Gasteiger partial charge in [-0.1, -0.05) is 23.5 Å². The zero-order chi connectivity index (χ0) is 26.3. The van der Waals surface area contributed by atoms with Crippen LogP contribution in [0.3, 0.4) is 0 Å². The van der Waals surface area contributed by atoms with Crippen LogP contribution in [0.1, 0.15) is 11.1 Å². The lowest BCUT2D eigenvalue weighted by molar-refractivity contribution is -0.254. The van der Waals surface area contributed by atoms with Crippen LogP contribution in [0.15, 0.2) is 52.5 Å². The Kier molecular flexibility index (Phi) is 7.46. The van der Waals surface area contributed by atoms with E-state index in [2.05, 4.69) is 4.74 Å². The molecule has 0 fully saturated rings. The fourth-order valence-electron chi connectivity index (χ4n) is 3.71. The predicted molar refractivity (Wildman–Crippen MR) is 136 cm³/mol. The van der Waals surface area contributed by atoms with Crippen LogP contribution < -0.4 is 4.74 Å². The van der Waals surface area contributed by atoms with Crippen molar-refractivity contribution in [2.75, 3.05) is 21.3 Å². The molecule has 0 spiro atoms. The quantitative estimate of drug-likeness (QED) is 0.219. The second-order valence-corrected chi connectivity index (χ2v) is 11.4. The summed E-state index contributed by atoms with van der Waals surface area (Å²) in [5, 5.41) is 4.62. The maximum absolute atomic E-state index is 15.1. The van der Waals surface area contributed by atoms with Crippen molar-refractivity contribution in [2.24, 2.45) is 0 Å². The summed E-state index contributed by atoms with van der Waals surface area (Å²) < 4.78 is 99.0. The van der Waals surface area contributed by atoms with Gasteiger partial charge in [0.2, 0.25) is 0 Å². The number of thiophene rings is 4. The van der Waals surface area contributed by atoms with Crippen molar-refractivity contribution in [2.45, 2.75) is 17.8 Å². The number of allylic oxidation sites excluding steroid dienone is 2. The Labute approximate surface area is 219 Å². The third-order valence-electron chi connectivity index (χ3n) is 5.24. The fraction of sp³-hybridized carbons (Fsp3) is 0.250. The summed E-state index contributed by atoms with van der Waals surface area (Å²) in [6, 6.07) is 9.43. The van der Waals surface area contributed by atoms with Crippen LogP contribution in [-0.4, -0.2) is 39.1 Å². The molecular formula is C24H18F6O2S4. The number of hydrogen-bond acceptors (Lipinski definition) is 6. The molecule has 0 aliphatic heterocycles. The standard InChI is InChI=1S/C22H12F6OS4.C2H6O/c1-29-19-12(9-16(33-19)14-5-3-7-31-14)18-17(20(23,24)22(27,28)21(18,25)26)11-8-15(32-10-11)13-4-2-6-30-13;1-3-2/h2-10H,1H3;1-2H3. The minimum absolute atomic E-state index is 0.132. The van der Waals surface area contributed by atoms with Gasteiger partial charge in [0, 0.05) is 50.4 Å². The molecule has 0 atom stereocenters. The topological polar surface area (TPSA) is 18.5 Å². The van der Waals surface area contributed by atoms with Crippen LogP contribution >= 0.6 is 45.3 Å². The average Bonchev–Trinajstić information content (AvgIpc) is 3.62. The number of methoxy groups -OCH3 is 2. The maximum atomic E-state index is 15.1. The van der Waals surface area contributed by atoms with Gasteiger partial charge in [-0.2, -0.15) is 26.3 Å². The molecule has 4 aromatic heterocycles. The highest BCUT2D eigenvalue weighted by Gasteiger charge is 2.80. The SMILES string of the molecule is COC.COc1sc(-c2cccs2)cc1C1=C(c2csc(-c3cccs3)c2)C(F)(F)C(F)(F)C1(F)F. The van der Waals surface area contributed by atoms with Gasteiger partial charge in [-0.05, 0) is 46.0 Å². The number of hydrogen-bond donors (Lipinski definition) is 0. The molecule has 0 bridgehead atoms. The van der Waals surface area contributed by atoms with Gasteiger partial charge in [0.25, 0.3) is 0 Å². The van der Waals surface area contributed by atoms with Crippen molar-refractivity contribution in [1.29, 1.82) is 0 Å². The third-order valence-corrected chi connectivity index (χ3v) is 9.39. The molecule has 0 radical (unpaired) electrons. The van der Waals surface area contributed by atoms with E-state index in [1.807, 2.05) is 0 Å². The minimum atomic E-state index is -5.61. The number of halogens is 6. The fourth-order valence-corrected chi connectivity index (χ4v) is 7.26. The zero-order valence-corrected chi connectivity index (χ0v) is 22.2. The van der Waals surface area contributed by atoms with Gasteiger partial charge >= 0.3 is 17.8 Å². The molecule has 0 aromatic carbocycles. The highest BCUT2D eigenvalue weighted by molar-refractivity contribution is 7.22. The lowest BCUT2D eigenvalue weighted by Crippen LogP contribution is -2.48. The third kappa shape index (κ3) is 4.22. The Hall–Kier alpha value is -2.12. The minimum Gasteiger partial charge on any atom is -0.487 e. The lowest BCUT2D eigenvalue weighted by atomic mass is 9.97. The number of alkyl halides is 6. The molecule has 4 heterocycles. The molecule has 1 aliphatic carbocycles. The molecule has 0 N–H and O–H groups in total. The molecule has 0 unspecified atom stereocenters. The number of rotatable bonds is 5. The monoisotopic (exact) mass is 580 g/mol. The molecule has 12 heteroatoms. The van der Waals surface area contributed by atoms with Gasteiger partial charge in [-0.15, -0.1) is 34.0 Å². The molecule has 5 rings (SSSR count). The van der Waals surface area contributed by atoms with Gasteiger partial charge < -0.3 is 9.47 Å². The lowest BCUT2D eigenvalue weighted by Gasteiger charge is -2.25. The first kappa shape index (κ1) is 26.9. The summed E-state index contributed by atoms with van der Waals surface area (Å²) in [4.78, 5) is 2.39. The Morgan fingerprint density at radius 2 is 1.25 bits per heavy atom. The predicted octanol–water partition coefficient (Wildman–Crippen LogP) is 9.37. The molecule has 0 saturated carbocycles. The smallest absolute Gasteiger partial charge is 0.380 e. The van der Waals surface area contributed by atoms with Gasteiger partial charge in [0.15, 0.2) is 5.06 Å². The molecule has 192 valence electrons.